The van der Waals surface area contributed by atoms with Gasteiger partial charge in [0.15, 0.2) is 5.60 Å². The van der Waals surface area contributed by atoms with Crippen LogP contribution in [0, 0.1) is 3.57 Å². The second-order valence-electron chi connectivity index (χ2n) is 6.46. The summed E-state index contributed by atoms with van der Waals surface area (Å²) in [5.41, 5.74) is 2.02. The highest BCUT2D eigenvalue weighted by atomic mass is 127. The maximum atomic E-state index is 12.6. The first-order chi connectivity index (χ1) is 12.4. The number of halogens is 1. The third-order valence-electron chi connectivity index (χ3n) is 3.98. The van der Waals surface area contributed by atoms with Gasteiger partial charge in [-0.15, -0.1) is 0 Å². The quantitative estimate of drug-likeness (QED) is 0.496. The van der Waals surface area contributed by atoms with E-state index in [-0.39, 0.29) is 5.91 Å². The third-order valence-corrected chi connectivity index (χ3v) is 4.70. The lowest BCUT2D eigenvalue weighted by Gasteiger charge is -2.25. The van der Waals surface area contributed by atoms with Crippen molar-refractivity contribution in [2.24, 2.45) is 0 Å². The molecule has 3 aromatic carbocycles. The summed E-state index contributed by atoms with van der Waals surface area (Å²) in [6.45, 7) is 3.53. The van der Waals surface area contributed by atoms with Crippen LogP contribution in [-0.4, -0.2) is 11.5 Å². The summed E-state index contributed by atoms with van der Waals surface area (Å²) in [4.78, 5) is 12.6. The van der Waals surface area contributed by atoms with Gasteiger partial charge < -0.3 is 10.1 Å². The summed E-state index contributed by atoms with van der Waals surface area (Å²) in [5.74, 6) is 0.480. The van der Waals surface area contributed by atoms with Gasteiger partial charge in [0.25, 0.3) is 5.91 Å². The molecule has 1 N–H and O–H groups in total. The first-order valence-electron chi connectivity index (χ1n) is 8.35. The van der Waals surface area contributed by atoms with Crippen molar-refractivity contribution >= 4 is 34.2 Å². The average molecular weight is 457 g/mol. The fourth-order valence-electron chi connectivity index (χ4n) is 2.50. The lowest BCUT2D eigenvalue weighted by atomic mass is 10.0. The zero-order chi connectivity index (χ0) is 18.6. The molecule has 0 aromatic heterocycles. The monoisotopic (exact) mass is 457 g/mol. The van der Waals surface area contributed by atoms with Crippen LogP contribution in [0.1, 0.15) is 13.8 Å². The number of carbonyl (C=O) groups excluding carboxylic acids is 1. The molecule has 3 nitrogen and oxygen atoms in total. The molecule has 0 spiro atoms. The summed E-state index contributed by atoms with van der Waals surface area (Å²) < 4.78 is 6.99. The van der Waals surface area contributed by atoms with Crippen molar-refractivity contribution in [3.8, 4) is 16.9 Å². The Kier molecular flexibility index (Phi) is 5.61. The molecule has 0 saturated heterocycles. The normalized spacial score (nSPS) is 11.0. The molecule has 4 heteroatoms. The van der Waals surface area contributed by atoms with Gasteiger partial charge >= 0.3 is 0 Å². The highest BCUT2D eigenvalue weighted by Gasteiger charge is 2.30. The van der Waals surface area contributed by atoms with E-state index in [1.807, 2.05) is 66.7 Å². The molecule has 0 aliphatic carbocycles. The van der Waals surface area contributed by atoms with Crippen LogP contribution in [0.25, 0.3) is 11.1 Å². The first-order valence-corrected chi connectivity index (χ1v) is 9.43. The van der Waals surface area contributed by atoms with Gasteiger partial charge in [-0.1, -0.05) is 42.5 Å². The smallest absolute Gasteiger partial charge is 0.267 e. The minimum absolute atomic E-state index is 0.191. The van der Waals surface area contributed by atoms with Crippen LogP contribution < -0.4 is 10.1 Å². The van der Waals surface area contributed by atoms with Crippen molar-refractivity contribution in [1.82, 2.24) is 0 Å². The second-order valence-corrected chi connectivity index (χ2v) is 7.71. The summed E-state index contributed by atoms with van der Waals surface area (Å²) in [5, 5.41) is 2.93. The largest absolute Gasteiger partial charge is 0.478 e. The molecule has 0 heterocycles. The van der Waals surface area contributed by atoms with E-state index in [4.69, 9.17) is 4.74 Å². The molecular formula is C22H20INO2. The number of amides is 1. The molecule has 0 saturated carbocycles. The number of nitrogens with one attached hydrogen (secondary N) is 1. The summed E-state index contributed by atoms with van der Waals surface area (Å²) in [6.07, 6.45) is 0. The van der Waals surface area contributed by atoms with Crippen LogP contribution in [0.2, 0.25) is 0 Å². The van der Waals surface area contributed by atoms with Crippen molar-refractivity contribution in [2.45, 2.75) is 19.4 Å². The Morgan fingerprint density at radius 2 is 1.42 bits per heavy atom. The predicted octanol–water partition coefficient (Wildman–Crippen LogP) is 5.75. The Hall–Kier alpha value is -2.34. The molecule has 0 unspecified atom stereocenters. The maximum Gasteiger partial charge on any atom is 0.267 e. The Morgan fingerprint density at radius 1 is 0.846 bits per heavy atom. The zero-order valence-corrected chi connectivity index (χ0v) is 16.9. The van der Waals surface area contributed by atoms with Gasteiger partial charge in [-0.2, -0.15) is 0 Å². The van der Waals surface area contributed by atoms with Crippen LogP contribution in [0.15, 0.2) is 78.9 Å². The van der Waals surface area contributed by atoms with Crippen LogP contribution >= 0.6 is 22.6 Å². The van der Waals surface area contributed by atoms with Gasteiger partial charge in [0.05, 0.1) is 0 Å². The van der Waals surface area contributed by atoms with Gasteiger partial charge in [0, 0.05) is 9.26 Å². The molecule has 0 bridgehead atoms. The first kappa shape index (κ1) is 18.5. The van der Waals surface area contributed by atoms with E-state index >= 15 is 0 Å². The number of rotatable bonds is 5. The summed E-state index contributed by atoms with van der Waals surface area (Å²) in [6, 6.07) is 25.6. The summed E-state index contributed by atoms with van der Waals surface area (Å²) in [7, 11) is 0. The minimum atomic E-state index is -0.981. The average Bonchev–Trinajstić information content (AvgIpc) is 2.65. The van der Waals surface area contributed by atoms with E-state index in [1.54, 1.807) is 13.8 Å². The van der Waals surface area contributed by atoms with Gasteiger partial charge in [-0.3, -0.25) is 4.79 Å². The topological polar surface area (TPSA) is 38.3 Å². The van der Waals surface area contributed by atoms with Crippen molar-refractivity contribution in [1.29, 1.82) is 0 Å². The SMILES string of the molecule is CC(C)(Oc1ccc(I)cc1)C(=O)Nc1ccc(-c2ccccc2)cc1. The maximum absolute atomic E-state index is 12.6. The van der Waals surface area contributed by atoms with E-state index in [0.717, 1.165) is 20.4 Å². The number of ether oxygens (including phenoxy) is 1. The van der Waals surface area contributed by atoms with Crippen LogP contribution in [0.5, 0.6) is 5.75 Å². The Balaban J connectivity index is 1.67. The van der Waals surface area contributed by atoms with E-state index in [9.17, 15) is 4.79 Å². The molecule has 0 aliphatic rings. The summed E-state index contributed by atoms with van der Waals surface area (Å²) >= 11 is 2.23. The fraction of sp³-hybridized carbons (Fsp3) is 0.136. The molecule has 132 valence electrons. The number of benzene rings is 3. The highest BCUT2D eigenvalue weighted by molar-refractivity contribution is 14.1. The van der Waals surface area contributed by atoms with E-state index in [2.05, 4.69) is 40.0 Å². The molecule has 0 radical (unpaired) electrons. The van der Waals surface area contributed by atoms with Crippen molar-refractivity contribution in [3.63, 3.8) is 0 Å². The van der Waals surface area contributed by atoms with Gasteiger partial charge in [0.2, 0.25) is 0 Å². The molecular weight excluding hydrogens is 437 g/mol. The van der Waals surface area contributed by atoms with Crippen molar-refractivity contribution in [2.75, 3.05) is 5.32 Å². The molecule has 1 amide bonds. The fourth-order valence-corrected chi connectivity index (χ4v) is 2.86. The molecule has 0 aliphatic heterocycles. The van der Waals surface area contributed by atoms with E-state index < -0.39 is 5.60 Å². The van der Waals surface area contributed by atoms with Crippen LogP contribution in [-0.2, 0) is 4.79 Å². The van der Waals surface area contributed by atoms with Crippen molar-refractivity contribution in [3.05, 3.63) is 82.4 Å². The second kappa shape index (κ2) is 7.91. The predicted molar refractivity (Wildman–Crippen MR) is 114 cm³/mol. The van der Waals surface area contributed by atoms with Gasteiger partial charge in [-0.25, -0.2) is 0 Å². The molecule has 26 heavy (non-hydrogen) atoms. The Bertz CT molecular complexity index is 872. The number of carbonyl (C=O) groups is 1. The van der Waals surface area contributed by atoms with Crippen LogP contribution in [0.3, 0.4) is 0 Å². The number of hydrogen-bond donors (Lipinski definition) is 1. The number of hydrogen-bond acceptors (Lipinski definition) is 2. The molecule has 3 aromatic rings. The van der Waals surface area contributed by atoms with Gasteiger partial charge in [-0.05, 0) is 84.0 Å². The van der Waals surface area contributed by atoms with Crippen LogP contribution in [0.4, 0.5) is 5.69 Å². The standard InChI is InChI=1S/C22H20INO2/c1-22(2,26-20-14-10-18(23)11-15-20)21(25)24-19-12-8-17(9-13-19)16-6-4-3-5-7-16/h3-15H,1-2H3,(H,24,25). The van der Waals surface area contributed by atoms with E-state index in [1.165, 1.54) is 0 Å². The highest BCUT2D eigenvalue weighted by Crippen LogP contribution is 2.23. The van der Waals surface area contributed by atoms with Gasteiger partial charge in [0.1, 0.15) is 5.75 Å². The molecule has 3 rings (SSSR count). The molecule has 0 atom stereocenters. The minimum Gasteiger partial charge on any atom is -0.478 e. The van der Waals surface area contributed by atoms with Crippen molar-refractivity contribution < 1.29 is 9.53 Å². The lowest BCUT2D eigenvalue weighted by Crippen LogP contribution is -2.42. The zero-order valence-electron chi connectivity index (χ0n) is 14.7. The Labute approximate surface area is 167 Å². The lowest BCUT2D eigenvalue weighted by molar-refractivity contribution is -0.128. The molecule has 0 fully saturated rings. The Morgan fingerprint density at radius 3 is 2.04 bits per heavy atom. The third kappa shape index (κ3) is 4.64. The van der Waals surface area contributed by atoms with E-state index in [0.29, 0.717) is 5.75 Å². The number of anilines is 1.